The predicted molar refractivity (Wildman–Crippen MR) is 141 cm³/mol. The van der Waals surface area contributed by atoms with Crippen molar-refractivity contribution >= 4 is 26.9 Å². The molecule has 3 aromatic rings. The van der Waals surface area contributed by atoms with E-state index in [-0.39, 0.29) is 12.1 Å². The van der Waals surface area contributed by atoms with Crippen molar-refractivity contribution in [3.8, 4) is 11.5 Å². The molecule has 10 nitrogen and oxygen atoms in total. The van der Waals surface area contributed by atoms with Crippen LogP contribution >= 0.6 is 0 Å². The molecule has 1 N–H and O–H groups in total. The maximum atomic E-state index is 13.0. The van der Waals surface area contributed by atoms with Crippen molar-refractivity contribution in [2.45, 2.75) is 31.9 Å². The van der Waals surface area contributed by atoms with Crippen LogP contribution in [0.3, 0.4) is 0 Å². The molecular weight excluding hydrogens is 494 g/mol. The number of nitrogens with zero attached hydrogens (tertiary/aromatic N) is 4. The molecule has 0 spiro atoms. The predicted octanol–water partition coefficient (Wildman–Crippen LogP) is 3.23. The zero-order chi connectivity index (χ0) is 25.8. The van der Waals surface area contributed by atoms with Crippen LogP contribution in [0.1, 0.15) is 31.4 Å². The number of piperidine rings is 1. The SMILES string of the molecule is COc1cc2ncnc(N[C@H](C)c3ccccc3)c2cc1OC1CCN(S(=O)(=O)N2CCOCC2)CC1. The largest absolute Gasteiger partial charge is 0.493 e. The summed E-state index contributed by atoms with van der Waals surface area (Å²) in [5, 5.41) is 4.32. The highest BCUT2D eigenvalue weighted by molar-refractivity contribution is 7.86. The average molecular weight is 528 g/mol. The Morgan fingerprint density at radius 3 is 2.41 bits per heavy atom. The van der Waals surface area contributed by atoms with Gasteiger partial charge in [-0.05, 0) is 31.4 Å². The first kappa shape index (κ1) is 25.7. The number of morpholine rings is 1. The number of hydrogen-bond acceptors (Lipinski definition) is 8. The van der Waals surface area contributed by atoms with Gasteiger partial charge in [0, 0.05) is 43.7 Å². The van der Waals surface area contributed by atoms with E-state index in [1.54, 1.807) is 11.4 Å². The Hall–Kier alpha value is -2.99. The zero-order valence-electron chi connectivity index (χ0n) is 21.2. The Morgan fingerprint density at radius 1 is 1.00 bits per heavy atom. The van der Waals surface area contributed by atoms with Crippen molar-refractivity contribution in [3.05, 3.63) is 54.4 Å². The lowest BCUT2D eigenvalue weighted by atomic mass is 10.1. The molecule has 2 saturated heterocycles. The monoisotopic (exact) mass is 527 g/mol. The third-order valence-electron chi connectivity index (χ3n) is 6.89. The Labute approximate surface area is 217 Å². The number of ether oxygens (including phenoxy) is 3. The standard InChI is InChI=1S/C26H33N5O5S/c1-19(20-6-4-3-5-7-20)29-26-22-16-25(24(34-2)17-23(22)27-18-28-26)36-21-8-10-30(11-9-21)37(32,33)31-12-14-35-15-13-31/h3-7,16-19,21H,8-15H2,1-2H3,(H,27,28,29)/t19-/m1/s1. The van der Waals surface area contributed by atoms with Crippen molar-refractivity contribution in [2.24, 2.45) is 0 Å². The Kier molecular flexibility index (Phi) is 7.75. The van der Waals surface area contributed by atoms with Crippen molar-refractivity contribution in [1.29, 1.82) is 0 Å². The van der Waals surface area contributed by atoms with Crippen LogP contribution in [0.25, 0.3) is 10.9 Å². The van der Waals surface area contributed by atoms with Crippen LogP contribution in [0.4, 0.5) is 5.82 Å². The van der Waals surface area contributed by atoms with E-state index in [4.69, 9.17) is 14.2 Å². The smallest absolute Gasteiger partial charge is 0.282 e. The van der Waals surface area contributed by atoms with E-state index >= 15 is 0 Å². The van der Waals surface area contributed by atoms with E-state index in [9.17, 15) is 8.42 Å². The number of fused-ring (bicyclic) bond motifs is 1. The minimum Gasteiger partial charge on any atom is -0.493 e. The van der Waals surface area contributed by atoms with Gasteiger partial charge in [0.1, 0.15) is 18.2 Å². The normalized spacial score (nSPS) is 19.0. The average Bonchev–Trinajstić information content (AvgIpc) is 2.94. The second kappa shape index (κ2) is 11.2. The molecule has 2 aliphatic heterocycles. The van der Waals surface area contributed by atoms with Gasteiger partial charge in [-0.2, -0.15) is 17.0 Å². The summed E-state index contributed by atoms with van der Waals surface area (Å²) in [6.45, 7) is 4.57. The van der Waals surface area contributed by atoms with Crippen LogP contribution < -0.4 is 14.8 Å². The lowest BCUT2D eigenvalue weighted by molar-refractivity contribution is 0.0676. The Morgan fingerprint density at radius 2 is 1.70 bits per heavy atom. The molecule has 0 aliphatic carbocycles. The van der Waals surface area contributed by atoms with Crippen molar-refractivity contribution in [2.75, 3.05) is 51.8 Å². The summed E-state index contributed by atoms with van der Waals surface area (Å²) in [7, 11) is -1.88. The summed E-state index contributed by atoms with van der Waals surface area (Å²) in [6, 6.07) is 14.0. The molecule has 0 saturated carbocycles. The molecule has 198 valence electrons. The summed E-state index contributed by atoms with van der Waals surface area (Å²) in [6.07, 6.45) is 2.58. The molecule has 1 aromatic heterocycles. The second-order valence-corrected chi connectivity index (χ2v) is 11.2. The lowest BCUT2D eigenvalue weighted by Gasteiger charge is -2.36. The van der Waals surface area contributed by atoms with Crippen LogP contribution in [0, 0.1) is 0 Å². The van der Waals surface area contributed by atoms with Gasteiger partial charge in [0.05, 0.1) is 25.8 Å². The van der Waals surface area contributed by atoms with Gasteiger partial charge in [0.25, 0.3) is 10.2 Å². The highest BCUT2D eigenvalue weighted by atomic mass is 32.2. The molecule has 1 atom stereocenters. The fourth-order valence-corrected chi connectivity index (χ4v) is 6.37. The fourth-order valence-electron chi connectivity index (χ4n) is 4.76. The lowest BCUT2D eigenvalue weighted by Crippen LogP contribution is -2.51. The van der Waals surface area contributed by atoms with Crippen LogP contribution in [-0.2, 0) is 14.9 Å². The van der Waals surface area contributed by atoms with E-state index in [0.717, 1.165) is 16.5 Å². The summed E-state index contributed by atoms with van der Waals surface area (Å²) in [4.78, 5) is 8.92. The molecular formula is C26H33N5O5S. The maximum absolute atomic E-state index is 13.0. The maximum Gasteiger partial charge on any atom is 0.282 e. The van der Waals surface area contributed by atoms with Gasteiger partial charge in [0.2, 0.25) is 0 Å². The molecule has 37 heavy (non-hydrogen) atoms. The first-order valence-electron chi connectivity index (χ1n) is 12.6. The van der Waals surface area contributed by atoms with Gasteiger partial charge < -0.3 is 19.5 Å². The summed E-state index contributed by atoms with van der Waals surface area (Å²) in [5.74, 6) is 1.88. The topological polar surface area (TPSA) is 106 Å². The molecule has 0 radical (unpaired) electrons. The molecule has 2 aliphatic rings. The molecule has 3 heterocycles. The van der Waals surface area contributed by atoms with Crippen LogP contribution in [-0.4, -0.2) is 79.6 Å². The van der Waals surface area contributed by atoms with Crippen molar-refractivity contribution in [3.63, 3.8) is 0 Å². The van der Waals surface area contributed by atoms with Crippen molar-refractivity contribution in [1.82, 2.24) is 18.6 Å². The first-order valence-corrected chi connectivity index (χ1v) is 14.0. The molecule has 11 heteroatoms. The number of anilines is 1. The zero-order valence-corrected chi connectivity index (χ0v) is 22.0. The van der Waals surface area contributed by atoms with E-state index in [1.165, 1.54) is 10.6 Å². The van der Waals surface area contributed by atoms with Gasteiger partial charge in [-0.1, -0.05) is 30.3 Å². The Balaban J connectivity index is 1.31. The number of nitrogens with one attached hydrogen (secondary N) is 1. The molecule has 0 bridgehead atoms. The van der Waals surface area contributed by atoms with Gasteiger partial charge in [-0.25, -0.2) is 9.97 Å². The molecule has 0 amide bonds. The van der Waals surface area contributed by atoms with E-state index in [2.05, 4.69) is 34.3 Å². The minimum atomic E-state index is -3.48. The van der Waals surface area contributed by atoms with E-state index in [0.29, 0.717) is 69.6 Å². The number of benzene rings is 2. The van der Waals surface area contributed by atoms with Gasteiger partial charge in [-0.15, -0.1) is 0 Å². The third-order valence-corrected chi connectivity index (χ3v) is 8.93. The highest BCUT2D eigenvalue weighted by Crippen LogP contribution is 2.36. The van der Waals surface area contributed by atoms with Crippen LogP contribution in [0.2, 0.25) is 0 Å². The highest BCUT2D eigenvalue weighted by Gasteiger charge is 2.34. The van der Waals surface area contributed by atoms with Gasteiger partial charge in [-0.3, -0.25) is 0 Å². The van der Waals surface area contributed by atoms with E-state index in [1.807, 2.05) is 30.3 Å². The summed E-state index contributed by atoms with van der Waals surface area (Å²) >= 11 is 0. The van der Waals surface area contributed by atoms with Crippen LogP contribution in [0.5, 0.6) is 11.5 Å². The van der Waals surface area contributed by atoms with Crippen LogP contribution in [0.15, 0.2) is 48.8 Å². The summed E-state index contributed by atoms with van der Waals surface area (Å²) in [5.41, 5.74) is 1.89. The van der Waals surface area contributed by atoms with Gasteiger partial charge >= 0.3 is 0 Å². The second-order valence-electron chi connectivity index (χ2n) is 9.25. The quantitative estimate of drug-likeness (QED) is 0.476. The minimum absolute atomic E-state index is 0.0449. The van der Waals surface area contributed by atoms with Gasteiger partial charge in [0.15, 0.2) is 11.5 Å². The number of aromatic nitrogens is 2. The number of hydrogen-bond donors (Lipinski definition) is 1. The number of methoxy groups -OCH3 is 1. The molecule has 2 aromatic carbocycles. The number of rotatable bonds is 8. The summed E-state index contributed by atoms with van der Waals surface area (Å²) < 4.78 is 46.3. The Bertz CT molecular complexity index is 1310. The van der Waals surface area contributed by atoms with E-state index < -0.39 is 10.2 Å². The third kappa shape index (κ3) is 5.64. The molecule has 2 fully saturated rings. The first-order chi connectivity index (χ1) is 18.0. The van der Waals surface area contributed by atoms with Crippen molar-refractivity contribution < 1.29 is 22.6 Å². The molecule has 0 unspecified atom stereocenters. The molecule has 5 rings (SSSR count). The fraction of sp³-hybridized carbons (Fsp3) is 0.462.